The number of pyridine rings is 1. The molecule has 0 aliphatic carbocycles. The number of amides is 1. The monoisotopic (exact) mass is 435 g/mol. The summed E-state index contributed by atoms with van der Waals surface area (Å²) in [6.45, 7) is 0.520. The molecule has 0 atom stereocenters. The van der Waals surface area contributed by atoms with Gasteiger partial charge in [0.25, 0.3) is 5.91 Å². The number of hydrogen-bond donors (Lipinski definition) is 2. The minimum Gasteiger partial charge on any atom is -0.351 e. The highest BCUT2D eigenvalue weighted by atomic mass is 32.2. The van der Waals surface area contributed by atoms with Crippen molar-refractivity contribution in [3.8, 4) is 0 Å². The van der Waals surface area contributed by atoms with E-state index in [2.05, 4.69) is 9.71 Å². The highest BCUT2D eigenvalue weighted by Crippen LogP contribution is 2.24. The number of hydrogen-bond acceptors (Lipinski definition) is 4. The lowest BCUT2D eigenvalue weighted by atomic mass is 10.0. The summed E-state index contributed by atoms with van der Waals surface area (Å²) in [6.07, 6.45) is 1.88. The summed E-state index contributed by atoms with van der Waals surface area (Å²) >= 11 is 0. The van der Waals surface area contributed by atoms with E-state index in [4.69, 9.17) is 0 Å². The van der Waals surface area contributed by atoms with E-state index in [1.165, 1.54) is 23.1 Å². The van der Waals surface area contributed by atoms with Gasteiger partial charge in [0.05, 0.1) is 22.9 Å². The minimum absolute atomic E-state index is 0.0370. The molecular weight excluding hydrogens is 416 g/mol. The third-order valence-corrected chi connectivity index (χ3v) is 6.01. The molecule has 0 unspecified atom stereocenters. The van der Waals surface area contributed by atoms with Crippen molar-refractivity contribution in [1.29, 1.82) is 0 Å². The Labute approximate surface area is 170 Å². The van der Waals surface area contributed by atoms with E-state index >= 15 is 0 Å². The second-order valence-corrected chi connectivity index (χ2v) is 9.23. The molecule has 7 nitrogen and oxygen atoms in total. The van der Waals surface area contributed by atoms with Crippen LogP contribution in [0.5, 0.6) is 0 Å². The van der Waals surface area contributed by atoms with Crippen molar-refractivity contribution in [2.75, 3.05) is 19.3 Å². The van der Waals surface area contributed by atoms with Crippen molar-refractivity contribution < 1.29 is 22.0 Å². The van der Waals surface area contributed by atoms with E-state index in [0.29, 0.717) is 12.8 Å². The van der Waals surface area contributed by atoms with E-state index < -0.39 is 33.0 Å². The highest BCUT2D eigenvalue weighted by molar-refractivity contribution is 7.88. The number of aromatic nitrogens is 1. The summed E-state index contributed by atoms with van der Waals surface area (Å²) in [5.41, 5.74) is -0.614. The van der Waals surface area contributed by atoms with Gasteiger partial charge in [-0.25, -0.2) is 21.9 Å². The van der Waals surface area contributed by atoms with Gasteiger partial charge >= 0.3 is 0 Å². The van der Waals surface area contributed by atoms with Crippen LogP contribution in [0.1, 0.15) is 23.2 Å². The molecule has 1 fully saturated rings. The number of nitrogens with one attached hydrogen (secondary N) is 2. The highest BCUT2D eigenvalue weighted by Gasteiger charge is 2.27. The first kappa shape index (κ1) is 20.4. The Morgan fingerprint density at radius 2 is 1.83 bits per heavy atom. The van der Waals surface area contributed by atoms with E-state index in [1.54, 1.807) is 0 Å². The first-order chi connectivity index (χ1) is 14.1. The number of nitrogens with zero attached hydrogens (tertiary/aromatic N) is 1. The Morgan fingerprint density at radius 3 is 2.50 bits per heavy atom. The number of sulfonamides is 1. The normalized spacial score (nSPS) is 15.8. The zero-order valence-corrected chi connectivity index (χ0v) is 16.9. The molecule has 158 valence electrons. The van der Waals surface area contributed by atoms with Crippen LogP contribution in [0.25, 0.3) is 21.8 Å². The number of piperidine rings is 1. The average Bonchev–Trinajstić information content (AvgIpc) is 2.68. The number of aromatic amines is 1. The molecule has 0 saturated carbocycles. The average molecular weight is 435 g/mol. The van der Waals surface area contributed by atoms with Crippen molar-refractivity contribution in [3.05, 3.63) is 57.8 Å². The molecule has 1 aliphatic heterocycles. The maximum atomic E-state index is 14.3. The van der Waals surface area contributed by atoms with Gasteiger partial charge in [0.15, 0.2) is 5.43 Å². The fourth-order valence-electron chi connectivity index (χ4n) is 3.87. The van der Waals surface area contributed by atoms with Gasteiger partial charge in [-0.05, 0) is 37.1 Å². The lowest BCUT2D eigenvalue weighted by Gasteiger charge is -2.32. The molecule has 4 rings (SSSR count). The van der Waals surface area contributed by atoms with Crippen molar-refractivity contribution in [1.82, 2.24) is 14.6 Å². The number of fused-ring (bicyclic) bond motifs is 2. The van der Waals surface area contributed by atoms with Gasteiger partial charge in [-0.3, -0.25) is 9.59 Å². The number of halogens is 2. The number of likely N-dealkylation sites (tertiary alicyclic amines) is 1. The largest absolute Gasteiger partial charge is 0.351 e. The molecule has 1 aliphatic rings. The van der Waals surface area contributed by atoms with Crippen LogP contribution in [0.4, 0.5) is 8.78 Å². The van der Waals surface area contributed by atoms with Crippen LogP contribution in [-0.2, 0) is 10.0 Å². The predicted octanol–water partition coefficient (Wildman–Crippen LogP) is 2.11. The number of rotatable bonds is 3. The minimum atomic E-state index is -3.36. The van der Waals surface area contributed by atoms with Crippen molar-refractivity contribution in [2.24, 2.45) is 0 Å². The van der Waals surface area contributed by atoms with E-state index in [1.807, 2.05) is 0 Å². The third-order valence-electron chi connectivity index (χ3n) is 5.25. The van der Waals surface area contributed by atoms with Gasteiger partial charge in [-0.2, -0.15) is 0 Å². The summed E-state index contributed by atoms with van der Waals surface area (Å²) < 4.78 is 53.8. The molecule has 2 N–H and O–H groups in total. The molecule has 1 aromatic heterocycles. The number of para-hydroxylation sites is 1. The maximum absolute atomic E-state index is 14.3. The molecular formula is C20H19F2N3O4S. The van der Waals surface area contributed by atoms with E-state index in [0.717, 1.165) is 18.4 Å². The van der Waals surface area contributed by atoms with Gasteiger partial charge in [0.2, 0.25) is 10.0 Å². The quantitative estimate of drug-likeness (QED) is 0.616. The van der Waals surface area contributed by atoms with Crippen LogP contribution in [-0.4, -0.2) is 49.6 Å². The lowest BCUT2D eigenvalue weighted by Crippen LogP contribution is -2.46. The smallest absolute Gasteiger partial charge is 0.256 e. The molecule has 1 saturated heterocycles. The Morgan fingerprint density at radius 1 is 1.13 bits per heavy atom. The molecule has 0 bridgehead atoms. The second-order valence-electron chi connectivity index (χ2n) is 7.45. The van der Waals surface area contributed by atoms with Gasteiger partial charge in [0, 0.05) is 29.9 Å². The maximum Gasteiger partial charge on any atom is 0.256 e. The summed E-state index contributed by atoms with van der Waals surface area (Å²) in [6, 6.07) is 5.77. The number of carbonyl (C=O) groups excluding carboxylic acids is 1. The van der Waals surface area contributed by atoms with Crippen LogP contribution in [0.15, 0.2) is 35.1 Å². The van der Waals surface area contributed by atoms with Crippen LogP contribution >= 0.6 is 0 Å². The second kappa shape index (κ2) is 7.44. The van der Waals surface area contributed by atoms with Gasteiger partial charge in [-0.1, -0.05) is 6.07 Å². The van der Waals surface area contributed by atoms with Crippen molar-refractivity contribution >= 4 is 37.7 Å². The number of benzene rings is 2. The zero-order chi connectivity index (χ0) is 21.6. The molecule has 10 heteroatoms. The number of carbonyl (C=O) groups is 1. The lowest BCUT2D eigenvalue weighted by molar-refractivity contribution is 0.0712. The summed E-state index contributed by atoms with van der Waals surface area (Å²) in [7, 11) is -3.36. The van der Waals surface area contributed by atoms with Gasteiger partial charge in [-0.15, -0.1) is 0 Å². The molecule has 0 spiro atoms. The zero-order valence-electron chi connectivity index (χ0n) is 16.0. The fraction of sp³-hybridized carbons (Fsp3) is 0.300. The van der Waals surface area contributed by atoms with Crippen LogP contribution in [0, 0.1) is 11.6 Å². The van der Waals surface area contributed by atoms with Gasteiger partial charge in [0.1, 0.15) is 11.6 Å². The van der Waals surface area contributed by atoms with E-state index in [-0.39, 0.29) is 46.5 Å². The topological polar surface area (TPSA) is 99.3 Å². The van der Waals surface area contributed by atoms with Gasteiger partial charge < -0.3 is 9.88 Å². The van der Waals surface area contributed by atoms with E-state index in [9.17, 15) is 26.8 Å². The fourth-order valence-corrected chi connectivity index (χ4v) is 4.71. The standard InChI is InChI=1S/C20H19F2N3O4S/c1-30(28,29)24-12-5-7-25(8-6-12)20(27)15-10-11(21)9-14-17(15)23-18-13(19(14)26)3-2-4-16(18)22/h2-4,9-10,12,24H,5-8H2,1H3,(H,23,26). The Hall–Kier alpha value is -2.85. The van der Waals surface area contributed by atoms with Crippen LogP contribution in [0.3, 0.4) is 0 Å². The molecule has 30 heavy (non-hydrogen) atoms. The molecule has 1 amide bonds. The number of H-pyrrole nitrogens is 1. The Bertz CT molecular complexity index is 1330. The molecule has 2 aromatic carbocycles. The van der Waals surface area contributed by atoms with Crippen LogP contribution in [0.2, 0.25) is 0 Å². The van der Waals surface area contributed by atoms with Crippen molar-refractivity contribution in [2.45, 2.75) is 18.9 Å². The SMILES string of the molecule is CS(=O)(=O)NC1CCN(C(=O)c2cc(F)cc3c(=O)c4cccc(F)c4[nH]c23)CC1. The summed E-state index contributed by atoms with van der Waals surface area (Å²) in [4.78, 5) is 30.1. The predicted molar refractivity (Wildman–Crippen MR) is 109 cm³/mol. The molecule has 0 radical (unpaired) electrons. The van der Waals surface area contributed by atoms with Crippen LogP contribution < -0.4 is 10.2 Å². The first-order valence-electron chi connectivity index (χ1n) is 9.34. The summed E-state index contributed by atoms with van der Waals surface area (Å²) in [5, 5.41) is 0.0317. The molecule has 3 aromatic rings. The summed E-state index contributed by atoms with van der Waals surface area (Å²) in [5.74, 6) is -1.91. The van der Waals surface area contributed by atoms with Crippen molar-refractivity contribution in [3.63, 3.8) is 0 Å². The molecule has 2 heterocycles. The third kappa shape index (κ3) is 3.80. The first-order valence-corrected chi connectivity index (χ1v) is 11.2. The Balaban J connectivity index is 1.74. The Kier molecular flexibility index (Phi) is 5.07.